The van der Waals surface area contributed by atoms with Gasteiger partial charge in [0.1, 0.15) is 0 Å². The van der Waals surface area contributed by atoms with Crippen LogP contribution in [0.2, 0.25) is 0 Å². The quantitative estimate of drug-likeness (QED) is 0.615. The zero-order chi connectivity index (χ0) is 16.9. The van der Waals surface area contributed by atoms with E-state index in [-0.39, 0.29) is 11.5 Å². The van der Waals surface area contributed by atoms with Gasteiger partial charge < -0.3 is 5.32 Å². The molecule has 0 saturated heterocycles. The fourth-order valence-electron chi connectivity index (χ4n) is 2.06. The standard InChI is InChI=1S/C18H16F3NO/c1-2-13-7-9-14(10-8-13)17(23)11-12-22-16-6-4-3-5-15(16)18(19,20)21/h3-12,22H,2H2,1H3. The number of benzene rings is 2. The highest BCUT2D eigenvalue weighted by Gasteiger charge is 2.32. The third-order valence-corrected chi connectivity index (χ3v) is 3.35. The van der Waals surface area contributed by atoms with Crippen molar-refractivity contribution in [2.24, 2.45) is 0 Å². The summed E-state index contributed by atoms with van der Waals surface area (Å²) in [6, 6.07) is 12.2. The first-order valence-corrected chi connectivity index (χ1v) is 7.14. The Bertz CT molecular complexity index is 703. The monoisotopic (exact) mass is 319 g/mol. The Balaban J connectivity index is 2.08. The van der Waals surface area contributed by atoms with Gasteiger partial charge in [-0.15, -0.1) is 0 Å². The van der Waals surface area contributed by atoms with Crippen molar-refractivity contribution >= 4 is 11.5 Å². The summed E-state index contributed by atoms with van der Waals surface area (Å²) in [5.74, 6) is -0.273. The predicted octanol–water partition coefficient (Wildman–Crippen LogP) is 5.08. The number of hydrogen-bond acceptors (Lipinski definition) is 2. The molecule has 0 aliphatic heterocycles. The lowest BCUT2D eigenvalue weighted by Gasteiger charge is -2.11. The summed E-state index contributed by atoms with van der Waals surface area (Å²) in [5.41, 5.74) is 0.738. The maximum atomic E-state index is 12.8. The summed E-state index contributed by atoms with van der Waals surface area (Å²) in [6.07, 6.45) is -1.13. The lowest BCUT2D eigenvalue weighted by Crippen LogP contribution is -2.08. The second-order valence-corrected chi connectivity index (χ2v) is 4.94. The molecule has 0 heterocycles. The van der Waals surface area contributed by atoms with E-state index >= 15 is 0 Å². The molecule has 2 nitrogen and oxygen atoms in total. The molecule has 0 bridgehead atoms. The van der Waals surface area contributed by atoms with Crippen LogP contribution in [0.4, 0.5) is 18.9 Å². The molecule has 1 N–H and O–H groups in total. The number of halogens is 3. The summed E-state index contributed by atoms with van der Waals surface area (Å²) in [4.78, 5) is 12.0. The smallest absolute Gasteiger partial charge is 0.361 e. The maximum absolute atomic E-state index is 12.8. The van der Waals surface area contributed by atoms with Crippen LogP contribution in [-0.4, -0.2) is 5.78 Å². The molecule has 2 rings (SSSR count). The van der Waals surface area contributed by atoms with Crippen molar-refractivity contribution in [3.63, 3.8) is 0 Å². The van der Waals surface area contributed by atoms with Gasteiger partial charge in [0.15, 0.2) is 5.78 Å². The number of nitrogens with one attached hydrogen (secondary N) is 1. The second-order valence-electron chi connectivity index (χ2n) is 4.94. The first kappa shape index (κ1) is 16.8. The topological polar surface area (TPSA) is 29.1 Å². The lowest BCUT2D eigenvalue weighted by molar-refractivity contribution is -0.136. The first-order valence-electron chi connectivity index (χ1n) is 7.14. The Hall–Kier alpha value is -2.56. The van der Waals surface area contributed by atoms with Crippen LogP contribution in [0.5, 0.6) is 0 Å². The van der Waals surface area contributed by atoms with Gasteiger partial charge in [0.2, 0.25) is 0 Å². The maximum Gasteiger partial charge on any atom is 0.418 e. The predicted molar refractivity (Wildman–Crippen MR) is 84.4 cm³/mol. The third-order valence-electron chi connectivity index (χ3n) is 3.35. The molecule has 0 saturated carbocycles. The van der Waals surface area contributed by atoms with E-state index in [2.05, 4.69) is 5.32 Å². The van der Waals surface area contributed by atoms with Crippen LogP contribution in [0.3, 0.4) is 0 Å². The van der Waals surface area contributed by atoms with Crippen LogP contribution in [-0.2, 0) is 12.6 Å². The number of alkyl halides is 3. The van der Waals surface area contributed by atoms with Gasteiger partial charge in [-0.05, 0) is 24.1 Å². The van der Waals surface area contributed by atoms with Gasteiger partial charge in [0.25, 0.3) is 0 Å². The minimum absolute atomic E-state index is 0.0922. The number of aryl methyl sites for hydroxylation is 1. The number of hydrogen-bond donors (Lipinski definition) is 1. The van der Waals surface area contributed by atoms with E-state index < -0.39 is 11.7 Å². The van der Waals surface area contributed by atoms with Gasteiger partial charge in [-0.1, -0.05) is 43.3 Å². The zero-order valence-electron chi connectivity index (χ0n) is 12.5. The van der Waals surface area contributed by atoms with Gasteiger partial charge in [0, 0.05) is 17.8 Å². The van der Waals surface area contributed by atoms with Crippen LogP contribution in [0.15, 0.2) is 60.8 Å². The van der Waals surface area contributed by atoms with Crippen molar-refractivity contribution in [3.8, 4) is 0 Å². The first-order chi connectivity index (χ1) is 10.9. The summed E-state index contributed by atoms with van der Waals surface area (Å²) in [6.45, 7) is 2.01. The molecule has 0 radical (unpaired) electrons. The van der Waals surface area contributed by atoms with Crippen molar-refractivity contribution in [1.82, 2.24) is 0 Å². The van der Waals surface area contributed by atoms with Crippen LogP contribution in [0, 0.1) is 0 Å². The molecule has 0 aliphatic carbocycles. The molecule has 0 amide bonds. The number of allylic oxidation sites excluding steroid dienone is 1. The molecular weight excluding hydrogens is 303 g/mol. The van der Waals surface area contributed by atoms with E-state index in [1.165, 1.54) is 30.5 Å². The fraction of sp³-hybridized carbons (Fsp3) is 0.167. The van der Waals surface area contributed by atoms with E-state index in [9.17, 15) is 18.0 Å². The molecule has 120 valence electrons. The number of anilines is 1. The van der Waals surface area contributed by atoms with Gasteiger partial charge in [-0.3, -0.25) is 4.79 Å². The van der Waals surface area contributed by atoms with Gasteiger partial charge >= 0.3 is 6.18 Å². The summed E-state index contributed by atoms with van der Waals surface area (Å²) in [5, 5.41) is 2.52. The average Bonchev–Trinajstić information content (AvgIpc) is 2.54. The number of carbonyl (C=O) groups excluding carboxylic acids is 1. The van der Waals surface area contributed by atoms with E-state index in [4.69, 9.17) is 0 Å². The number of rotatable bonds is 5. The van der Waals surface area contributed by atoms with Crippen molar-refractivity contribution in [3.05, 3.63) is 77.5 Å². The fourth-order valence-corrected chi connectivity index (χ4v) is 2.06. The Labute approximate surface area is 132 Å². The highest BCUT2D eigenvalue weighted by Crippen LogP contribution is 2.34. The lowest BCUT2D eigenvalue weighted by atomic mass is 10.1. The van der Waals surface area contributed by atoms with E-state index in [1.807, 2.05) is 19.1 Å². The summed E-state index contributed by atoms with van der Waals surface area (Å²) < 4.78 is 38.5. The van der Waals surface area contributed by atoms with Crippen LogP contribution in [0.25, 0.3) is 0 Å². The van der Waals surface area contributed by atoms with Gasteiger partial charge in [-0.2, -0.15) is 13.2 Å². The minimum Gasteiger partial charge on any atom is -0.361 e. The zero-order valence-corrected chi connectivity index (χ0v) is 12.5. The highest BCUT2D eigenvalue weighted by molar-refractivity contribution is 6.04. The highest BCUT2D eigenvalue weighted by atomic mass is 19.4. The second kappa shape index (κ2) is 7.13. The molecule has 5 heteroatoms. The Morgan fingerprint density at radius 2 is 1.74 bits per heavy atom. The van der Waals surface area contributed by atoms with Crippen LogP contribution < -0.4 is 5.32 Å². The third kappa shape index (κ3) is 4.45. The molecule has 0 atom stereocenters. The molecule has 0 spiro atoms. The molecule has 0 fully saturated rings. The molecular formula is C18H16F3NO. The number of para-hydroxylation sites is 1. The van der Waals surface area contributed by atoms with Crippen LogP contribution in [0.1, 0.15) is 28.4 Å². The van der Waals surface area contributed by atoms with E-state index in [0.29, 0.717) is 5.56 Å². The van der Waals surface area contributed by atoms with Gasteiger partial charge in [0.05, 0.1) is 11.3 Å². The molecule has 2 aromatic carbocycles. The Morgan fingerprint density at radius 3 is 2.35 bits per heavy atom. The SMILES string of the molecule is CCc1ccc(C(=O)C=CNc2ccccc2C(F)(F)F)cc1. The Morgan fingerprint density at radius 1 is 1.09 bits per heavy atom. The largest absolute Gasteiger partial charge is 0.418 e. The molecule has 23 heavy (non-hydrogen) atoms. The van der Waals surface area contributed by atoms with E-state index in [0.717, 1.165) is 18.1 Å². The van der Waals surface area contributed by atoms with Crippen LogP contribution >= 0.6 is 0 Å². The molecule has 2 aromatic rings. The van der Waals surface area contributed by atoms with Crippen molar-refractivity contribution in [2.45, 2.75) is 19.5 Å². The summed E-state index contributed by atoms with van der Waals surface area (Å²) in [7, 11) is 0. The average molecular weight is 319 g/mol. The van der Waals surface area contributed by atoms with Crippen molar-refractivity contribution in [1.29, 1.82) is 0 Å². The minimum atomic E-state index is -4.45. The molecule has 0 aromatic heterocycles. The van der Waals surface area contributed by atoms with Crippen molar-refractivity contribution < 1.29 is 18.0 Å². The molecule has 0 unspecified atom stereocenters. The normalized spacial score (nSPS) is 11.7. The van der Waals surface area contributed by atoms with E-state index in [1.54, 1.807) is 12.1 Å². The summed E-state index contributed by atoms with van der Waals surface area (Å²) >= 11 is 0. The van der Waals surface area contributed by atoms with Gasteiger partial charge in [-0.25, -0.2) is 0 Å². The van der Waals surface area contributed by atoms with Crippen molar-refractivity contribution in [2.75, 3.05) is 5.32 Å². The Kier molecular flexibility index (Phi) is 5.21. The number of carbonyl (C=O) groups is 1. The number of ketones is 1. The molecule has 0 aliphatic rings.